The molecule has 1 aliphatic heterocycles. The topological polar surface area (TPSA) is 28.2 Å². The number of hydrogen-bond donors (Lipinski definition) is 1. The Hall–Kier alpha value is -1.23. The molecule has 1 aromatic heterocycles. The number of hydrogen-bond acceptors (Lipinski definition) is 3. The molecule has 0 aliphatic carbocycles. The smallest absolute Gasteiger partial charge is 0.0606 e. The first-order valence-electron chi connectivity index (χ1n) is 7.86. The summed E-state index contributed by atoms with van der Waals surface area (Å²) in [4.78, 5) is 6.85. The Labute approximate surface area is 140 Å². The molecule has 3 rings (SSSR count). The van der Waals surface area contributed by atoms with Crippen molar-refractivity contribution < 1.29 is 0 Å². The Morgan fingerprint density at radius 3 is 2.95 bits per heavy atom. The predicted octanol–water partition coefficient (Wildman–Crippen LogP) is 3.54. The largest absolute Gasteiger partial charge is 0.315 e. The zero-order chi connectivity index (χ0) is 15.4. The Bertz CT molecular complexity index is 621. The molecular weight excluding hydrogens is 338 g/mol. The van der Waals surface area contributed by atoms with Gasteiger partial charge in [-0.1, -0.05) is 28.1 Å². The predicted molar refractivity (Wildman–Crippen MR) is 94.0 cm³/mol. The molecule has 0 bridgehead atoms. The van der Waals surface area contributed by atoms with Gasteiger partial charge in [-0.15, -0.1) is 0 Å². The van der Waals surface area contributed by atoms with E-state index in [9.17, 15) is 0 Å². The standard InChI is InChI=1S/C18H22BrN3/c1-14-13-21-8-6-17(14)18(15-4-2-5-16(19)12-15)22-10-3-7-20-9-11-22/h2,4-6,8,12-13,18,20H,3,7,9-11H2,1H3. The Balaban J connectivity index is 2.03. The van der Waals surface area contributed by atoms with Gasteiger partial charge in [0.2, 0.25) is 0 Å². The van der Waals surface area contributed by atoms with Crippen LogP contribution in [0.15, 0.2) is 47.2 Å². The summed E-state index contributed by atoms with van der Waals surface area (Å²) in [7, 11) is 0. The van der Waals surface area contributed by atoms with E-state index in [1.807, 2.05) is 12.4 Å². The van der Waals surface area contributed by atoms with Crippen LogP contribution in [0, 0.1) is 6.92 Å². The minimum Gasteiger partial charge on any atom is -0.315 e. The van der Waals surface area contributed by atoms with Crippen LogP contribution < -0.4 is 5.32 Å². The van der Waals surface area contributed by atoms with Crippen molar-refractivity contribution in [3.63, 3.8) is 0 Å². The molecule has 4 heteroatoms. The van der Waals surface area contributed by atoms with Gasteiger partial charge >= 0.3 is 0 Å². The van der Waals surface area contributed by atoms with E-state index in [0.29, 0.717) is 6.04 Å². The number of aromatic nitrogens is 1. The van der Waals surface area contributed by atoms with Crippen LogP contribution in [0.2, 0.25) is 0 Å². The van der Waals surface area contributed by atoms with Crippen LogP contribution in [0.4, 0.5) is 0 Å². The molecule has 1 saturated heterocycles. The molecule has 2 aromatic rings. The number of nitrogens with one attached hydrogen (secondary N) is 1. The highest BCUT2D eigenvalue weighted by Crippen LogP contribution is 2.32. The zero-order valence-corrected chi connectivity index (χ0v) is 14.5. The van der Waals surface area contributed by atoms with Crippen LogP contribution in [0.25, 0.3) is 0 Å². The monoisotopic (exact) mass is 359 g/mol. The highest BCUT2D eigenvalue weighted by Gasteiger charge is 2.24. The lowest BCUT2D eigenvalue weighted by atomic mass is 9.94. The Morgan fingerprint density at radius 2 is 2.14 bits per heavy atom. The number of benzene rings is 1. The van der Waals surface area contributed by atoms with E-state index < -0.39 is 0 Å². The van der Waals surface area contributed by atoms with Gasteiger partial charge in [-0.2, -0.15) is 0 Å². The second kappa shape index (κ2) is 7.36. The molecule has 116 valence electrons. The van der Waals surface area contributed by atoms with Crippen molar-refractivity contribution >= 4 is 15.9 Å². The molecule has 1 aliphatic rings. The molecule has 1 unspecified atom stereocenters. The van der Waals surface area contributed by atoms with Crippen molar-refractivity contribution in [3.8, 4) is 0 Å². The molecule has 2 heterocycles. The van der Waals surface area contributed by atoms with Gasteiger partial charge in [0.05, 0.1) is 6.04 Å². The van der Waals surface area contributed by atoms with Crippen molar-refractivity contribution in [1.82, 2.24) is 15.2 Å². The molecule has 1 atom stereocenters. The maximum absolute atomic E-state index is 4.26. The van der Waals surface area contributed by atoms with E-state index >= 15 is 0 Å². The summed E-state index contributed by atoms with van der Waals surface area (Å²) in [5.41, 5.74) is 3.95. The van der Waals surface area contributed by atoms with Crippen molar-refractivity contribution in [2.45, 2.75) is 19.4 Å². The summed E-state index contributed by atoms with van der Waals surface area (Å²) in [6.45, 7) is 6.50. The molecule has 1 N–H and O–H groups in total. The van der Waals surface area contributed by atoms with Gasteiger partial charge in [-0.25, -0.2) is 0 Å². The van der Waals surface area contributed by atoms with Crippen molar-refractivity contribution in [1.29, 1.82) is 0 Å². The fourth-order valence-corrected chi connectivity index (χ4v) is 3.60. The number of rotatable bonds is 3. The number of aryl methyl sites for hydroxylation is 1. The van der Waals surface area contributed by atoms with Crippen LogP contribution in [0.5, 0.6) is 0 Å². The maximum atomic E-state index is 4.26. The van der Waals surface area contributed by atoms with Crippen molar-refractivity contribution in [2.75, 3.05) is 26.2 Å². The van der Waals surface area contributed by atoms with Gasteiger partial charge < -0.3 is 5.32 Å². The van der Waals surface area contributed by atoms with Gasteiger partial charge in [-0.3, -0.25) is 9.88 Å². The van der Waals surface area contributed by atoms with Crippen LogP contribution in [0.3, 0.4) is 0 Å². The fraction of sp³-hybridized carbons (Fsp3) is 0.389. The summed E-state index contributed by atoms with van der Waals surface area (Å²) < 4.78 is 1.13. The maximum Gasteiger partial charge on any atom is 0.0606 e. The third-order valence-electron chi connectivity index (χ3n) is 4.26. The second-order valence-corrected chi connectivity index (χ2v) is 6.75. The molecule has 0 amide bonds. The second-order valence-electron chi connectivity index (χ2n) is 5.83. The summed E-state index contributed by atoms with van der Waals surface area (Å²) >= 11 is 3.62. The molecule has 0 radical (unpaired) electrons. The Kier molecular flexibility index (Phi) is 5.24. The molecule has 22 heavy (non-hydrogen) atoms. The molecular formula is C18H22BrN3. The van der Waals surface area contributed by atoms with Crippen LogP contribution >= 0.6 is 15.9 Å². The molecule has 1 aromatic carbocycles. The number of pyridine rings is 1. The van der Waals surface area contributed by atoms with E-state index in [2.05, 4.69) is 68.4 Å². The van der Waals surface area contributed by atoms with Crippen molar-refractivity contribution in [2.24, 2.45) is 0 Å². The quantitative estimate of drug-likeness (QED) is 0.908. The van der Waals surface area contributed by atoms with E-state index in [-0.39, 0.29) is 0 Å². The minimum absolute atomic E-state index is 0.292. The fourth-order valence-electron chi connectivity index (χ4n) is 3.18. The van der Waals surface area contributed by atoms with Crippen LogP contribution in [-0.2, 0) is 0 Å². The lowest BCUT2D eigenvalue weighted by molar-refractivity contribution is 0.240. The number of nitrogens with zero attached hydrogens (tertiary/aromatic N) is 2. The minimum atomic E-state index is 0.292. The average Bonchev–Trinajstić information content (AvgIpc) is 2.79. The molecule has 0 saturated carbocycles. The average molecular weight is 360 g/mol. The molecule has 3 nitrogen and oxygen atoms in total. The number of halogens is 1. The molecule has 0 spiro atoms. The summed E-state index contributed by atoms with van der Waals surface area (Å²) in [5.74, 6) is 0. The first-order valence-corrected chi connectivity index (χ1v) is 8.66. The van der Waals surface area contributed by atoms with Gasteiger partial charge in [0, 0.05) is 36.5 Å². The van der Waals surface area contributed by atoms with E-state index in [4.69, 9.17) is 0 Å². The summed E-state index contributed by atoms with van der Waals surface area (Å²) in [5, 5.41) is 3.50. The van der Waals surface area contributed by atoms with Gasteiger partial charge in [0.25, 0.3) is 0 Å². The zero-order valence-electron chi connectivity index (χ0n) is 12.9. The third kappa shape index (κ3) is 3.57. The first-order chi connectivity index (χ1) is 10.8. The van der Waals surface area contributed by atoms with Crippen LogP contribution in [-0.4, -0.2) is 36.1 Å². The van der Waals surface area contributed by atoms with Gasteiger partial charge in [-0.05, 0) is 54.8 Å². The Morgan fingerprint density at radius 1 is 1.23 bits per heavy atom. The SMILES string of the molecule is Cc1cnccc1C(c1cccc(Br)c1)N1CCCNCC1. The highest BCUT2D eigenvalue weighted by atomic mass is 79.9. The molecule has 1 fully saturated rings. The summed E-state index contributed by atoms with van der Waals surface area (Å²) in [6, 6.07) is 11.1. The van der Waals surface area contributed by atoms with E-state index in [0.717, 1.165) is 30.7 Å². The van der Waals surface area contributed by atoms with E-state index in [1.165, 1.54) is 23.1 Å². The highest BCUT2D eigenvalue weighted by molar-refractivity contribution is 9.10. The first kappa shape index (κ1) is 15.7. The third-order valence-corrected chi connectivity index (χ3v) is 4.76. The summed E-state index contributed by atoms with van der Waals surface area (Å²) in [6.07, 6.45) is 5.06. The van der Waals surface area contributed by atoms with Gasteiger partial charge in [0.1, 0.15) is 0 Å². The van der Waals surface area contributed by atoms with Crippen LogP contribution in [0.1, 0.15) is 29.2 Å². The normalized spacial score (nSPS) is 17.9. The van der Waals surface area contributed by atoms with Crippen molar-refractivity contribution in [3.05, 3.63) is 63.9 Å². The lowest BCUT2D eigenvalue weighted by Gasteiger charge is -2.32. The lowest BCUT2D eigenvalue weighted by Crippen LogP contribution is -2.33. The van der Waals surface area contributed by atoms with E-state index in [1.54, 1.807) is 0 Å². The van der Waals surface area contributed by atoms with Gasteiger partial charge in [0.15, 0.2) is 0 Å².